The zero-order chi connectivity index (χ0) is 11.0. The van der Waals surface area contributed by atoms with E-state index in [9.17, 15) is 9.18 Å². The van der Waals surface area contributed by atoms with E-state index in [4.69, 9.17) is 11.6 Å². The average Bonchev–Trinajstić information content (AvgIpc) is 2.20. The lowest BCUT2D eigenvalue weighted by Gasteiger charge is -2.05. The van der Waals surface area contributed by atoms with Crippen molar-refractivity contribution in [3.63, 3.8) is 0 Å². The van der Waals surface area contributed by atoms with Crippen LogP contribution in [0.2, 0.25) is 5.15 Å². The second-order valence-corrected chi connectivity index (χ2v) is 3.58. The second-order valence-electron chi connectivity index (χ2n) is 3.22. The minimum absolute atomic E-state index is 0.154. The number of pyridine rings is 1. The number of halogens is 2. The molecule has 1 heterocycles. The van der Waals surface area contributed by atoms with Gasteiger partial charge in [-0.25, -0.2) is 9.37 Å². The van der Waals surface area contributed by atoms with Gasteiger partial charge in [0.1, 0.15) is 11.0 Å². The standard InChI is InChI=1S/C11H7ClFNO/c1-6-8-4-7(13)2-3-10(8)14-11(12)9(6)5-15/h2-5H,1H3. The van der Waals surface area contributed by atoms with Crippen molar-refractivity contribution in [1.29, 1.82) is 0 Å². The number of nitrogens with zero attached hydrogens (tertiary/aromatic N) is 1. The summed E-state index contributed by atoms with van der Waals surface area (Å²) in [6.45, 7) is 1.72. The maximum Gasteiger partial charge on any atom is 0.153 e. The Morgan fingerprint density at radius 3 is 2.87 bits per heavy atom. The van der Waals surface area contributed by atoms with E-state index in [1.165, 1.54) is 18.2 Å². The fraction of sp³-hybridized carbons (Fsp3) is 0.0909. The fourth-order valence-electron chi connectivity index (χ4n) is 1.51. The van der Waals surface area contributed by atoms with Gasteiger partial charge in [-0.05, 0) is 30.7 Å². The van der Waals surface area contributed by atoms with Crippen LogP contribution >= 0.6 is 11.6 Å². The minimum Gasteiger partial charge on any atom is -0.298 e. The van der Waals surface area contributed by atoms with Gasteiger partial charge in [-0.15, -0.1) is 0 Å². The highest BCUT2D eigenvalue weighted by molar-refractivity contribution is 6.32. The van der Waals surface area contributed by atoms with E-state index >= 15 is 0 Å². The van der Waals surface area contributed by atoms with Gasteiger partial charge >= 0.3 is 0 Å². The van der Waals surface area contributed by atoms with Crippen molar-refractivity contribution < 1.29 is 9.18 Å². The fourth-order valence-corrected chi connectivity index (χ4v) is 1.79. The lowest BCUT2D eigenvalue weighted by Crippen LogP contribution is -1.94. The van der Waals surface area contributed by atoms with Gasteiger partial charge < -0.3 is 0 Å². The third-order valence-corrected chi connectivity index (χ3v) is 2.61. The van der Waals surface area contributed by atoms with Crippen LogP contribution in [0.15, 0.2) is 18.2 Å². The minimum atomic E-state index is -0.355. The average molecular weight is 224 g/mol. The summed E-state index contributed by atoms with van der Waals surface area (Å²) < 4.78 is 13.0. The van der Waals surface area contributed by atoms with Gasteiger partial charge in [0, 0.05) is 5.39 Å². The van der Waals surface area contributed by atoms with Crippen molar-refractivity contribution in [2.75, 3.05) is 0 Å². The molecule has 1 aromatic carbocycles. The third-order valence-electron chi connectivity index (χ3n) is 2.33. The lowest BCUT2D eigenvalue weighted by molar-refractivity contribution is 0.112. The molecule has 0 fully saturated rings. The van der Waals surface area contributed by atoms with Crippen molar-refractivity contribution >= 4 is 28.8 Å². The summed E-state index contributed by atoms with van der Waals surface area (Å²) in [5.41, 5.74) is 1.55. The Morgan fingerprint density at radius 1 is 1.47 bits per heavy atom. The van der Waals surface area contributed by atoms with Crippen LogP contribution in [0.1, 0.15) is 15.9 Å². The molecule has 0 aliphatic heterocycles. The van der Waals surface area contributed by atoms with Crippen LogP contribution in [0.5, 0.6) is 0 Å². The number of rotatable bonds is 1. The number of aryl methyl sites for hydroxylation is 1. The SMILES string of the molecule is Cc1c(C=O)c(Cl)nc2ccc(F)cc12. The summed E-state index contributed by atoms with van der Waals surface area (Å²) >= 11 is 5.81. The number of aldehydes is 1. The van der Waals surface area contributed by atoms with Gasteiger partial charge in [-0.1, -0.05) is 11.6 Å². The molecule has 0 atom stereocenters. The van der Waals surface area contributed by atoms with E-state index in [-0.39, 0.29) is 11.0 Å². The summed E-state index contributed by atoms with van der Waals surface area (Å²) in [5, 5.41) is 0.767. The van der Waals surface area contributed by atoms with Gasteiger partial charge in [0.15, 0.2) is 6.29 Å². The maximum atomic E-state index is 13.0. The molecule has 1 aromatic heterocycles. The Labute approximate surface area is 90.7 Å². The molecule has 0 saturated carbocycles. The largest absolute Gasteiger partial charge is 0.298 e. The zero-order valence-electron chi connectivity index (χ0n) is 7.92. The Kier molecular flexibility index (Phi) is 2.40. The second kappa shape index (κ2) is 3.59. The van der Waals surface area contributed by atoms with Crippen molar-refractivity contribution in [3.05, 3.63) is 40.3 Å². The van der Waals surface area contributed by atoms with Gasteiger partial charge in [0.05, 0.1) is 11.1 Å². The smallest absolute Gasteiger partial charge is 0.153 e. The molecular formula is C11H7ClFNO. The molecule has 15 heavy (non-hydrogen) atoms. The van der Waals surface area contributed by atoms with Crippen LogP contribution in [-0.2, 0) is 0 Å². The first-order valence-electron chi connectivity index (χ1n) is 4.34. The van der Waals surface area contributed by atoms with Crippen LogP contribution in [-0.4, -0.2) is 11.3 Å². The maximum absolute atomic E-state index is 13.0. The van der Waals surface area contributed by atoms with E-state index in [1.54, 1.807) is 6.92 Å². The molecule has 2 aromatic rings. The van der Waals surface area contributed by atoms with Crippen LogP contribution in [0.3, 0.4) is 0 Å². The highest BCUT2D eigenvalue weighted by Gasteiger charge is 2.10. The Balaban J connectivity index is 2.92. The Hall–Kier alpha value is -1.48. The molecule has 0 aliphatic carbocycles. The topological polar surface area (TPSA) is 30.0 Å². The summed E-state index contributed by atoms with van der Waals surface area (Å²) in [6, 6.07) is 4.20. The molecule has 0 saturated heterocycles. The van der Waals surface area contributed by atoms with Gasteiger partial charge in [0.25, 0.3) is 0 Å². The predicted molar refractivity (Wildman–Crippen MR) is 56.8 cm³/mol. The monoisotopic (exact) mass is 223 g/mol. The van der Waals surface area contributed by atoms with Crippen LogP contribution in [0.25, 0.3) is 10.9 Å². The molecule has 0 bridgehead atoms. The molecule has 0 radical (unpaired) electrons. The van der Waals surface area contributed by atoms with Crippen LogP contribution in [0, 0.1) is 12.7 Å². The highest BCUT2D eigenvalue weighted by Crippen LogP contribution is 2.25. The molecule has 2 rings (SSSR count). The molecule has 0 amide bonds. The molecule has 0 unspecified atom stereocenters. The lowest BCUT2D eigenvalue weighted by atomic mass is 10.1. The number of fused-ring (bicyclic) bond motifs is 1. The first-order chi connectivity index (χ1) is 7.13. The normalized spacial score (nSPS) is 10.6. The number of carbonyl (C=O) groups excluding carboxylic acids is 1. The number of aromatic nitrogens is 1. The van der Waals surface area contributed by atoms with Crippen molar-refractivity contribution in [3.8, 4) is 0 Å². The number of carbonyl (C=O) groups is 1. The molecule has 76 valence electrons. The molecule has 2 nitrogen and oxygen atoms in total. The molecule has 0 spiro atoms. The third kappa shape index (κ3) is 1.59. The van der Waals surface area contributed by atoms with E-state index in [0.717, 1.165) is 0 Å². The summed E-state index contributed by atoms with van der Waals surface area (Å²) in [5.74, 6) is -0.355. The van der Waals surface area contributed by atoms with Crippen LogP contribution < -0.4 is 0 Å². The number of hydrogen-bond donors (Lipinski definition) is 0. The van der Waals surface area contributed by atoms with Crippen molar-refractivity contribution in [2.24, 2.45) is 0 Å². The molecule has 0 N–H and O–H groups in total. The van der Waals surface area contributed by atoms with Gasteiger partial charge in [-0.3, -0.25) is 4.79 Å². The van der Waals surface area contributed by atoms with E-state index in [0.29, 0.717) is 28.3 Å². The van der Waals surface area contributed by atoms with Crippen molar-refractivity contribution in [2.45, 2.75) is 6.92 Å². The highest BCUT2D eigenvalue weighted by atomic mass is 35.5. The molecule has 0 aliphatic rings. The quantitative estimate of drug-likeness (QED) is 0.549. The van der Waals surface area contributed by atoms with Crippen molar-refractivity contribution in [1.82, 2.24) is 4.98 Å². The van der Waals surface area contributed by atoms with Gasteiger partial charge in [0.2, 0.25) is 0 Å². The Morgan fingerprint density at radius 2 is 2.20 bits per heavy atom. The zero-order valence-corrected chi connectivity index (χ0v) is 8.68. The first-order valence-corrected chi connectivity index (χ1v) is 4.72. The van der Waals surface area contributed by atoms with E-state index in [1.807, 2.05) is 0 Å². The summed E-state index contributed by atoms with van der Waals surface area (Å²) in [6.07, 6.45) is 0.634. The molecule has 4 heteroatoms. The first kappa shape index (κ1) is 10.1. The van der Waals surface area contributed by atoms with E-state index in [2.05, 4.69) is 4.98 Å². The van der Waals surface area contributed by atoms with Gasteiger partial charge in [-0.2, -0.15) is 0 Å². The summed E-state index contributed by atoms with van der Waals surface area (Å²) in [7, 11) is 0. The number of benzene rings is 1. The Bertz CT molecular complexity index is 554. The predicted octanol–water partition coefficient (Wildman–Crippen LogP) is 3.15. The molecular weight excluding hydrogens is 217 g/mol. The number of hydrogen-bond acceptors (Lipinski definition) is 2. The van der Waals surface area contributed by atoms with Crippen LogP contribution in [0.4, 0.5) is 4.39 Å². The van der Waals surface area contributed by atoms with E-state index < -0.39 is 0 Å². The summed E-state index contributed by atoms with van der Waals surface area (Å²) in [4.78, 5) is 14.8.